The Labute approximate surface area is 218 Å². The lowest BCUT2D eigenvalue weighted by molar-refractivity contribution is -0.135. The predicted octanol–water partition coefficient (Wildman–Crippen LogP) is 3.48. The number of amides is 1. The molecule has 1 N–H and O–H groups in total. The number of rotatable bonds is 5. The van der Waals surface area contributed by atoms with Crippen molar-refractivity contribution in [2.24, 2.45) is 0 Å². The molecule has 2 aliphatic heterocycles. The molecule has 37 heavy (non-hydrogen) atoms. The molecule has 0 radical (unpaired) electrons. The first-order chi connectivity index (χ1) is 18.2. The zero-order chi connectivity index (χ0) is 25.6. The molecule has 3 aromatic rings. The second-order valence-corrected chi connectivity index (χ2v) is 9.77. The SMILES string of the molecule is COc1ccc(C#Cc2ccc([C@@H]3[C@H](CO)N4CCCCN(C(=O)Cc5cccnc5)C[C@@H]34)cc2)cc1. The van der Waals surface area contributed by atoms with Crippen molar-refractivity contribution in [3.8, 4) is 17.6 Å². The van der Waals surface area contributed by atoms with Crippen LogP contribution in [0.2, 0.25) is 0 Å². The van der Waals surface area contributed by atoms with Crippen LogP contribution in [0.5, 0.6) is 5.75 Å². The van der Waals surface area contributed by atoms with Crippen molar-refractivity contribution in [1.82, 2.24) is 14.8 Å². The van der Waals surface area contributed by atoms with Crippen LogP contribution >= 0.6 is 0 Å². The number of aliphatic hydroxyl groups is 1. The topological polar surface area (TPSA) is 65.9 Å². The number of carbonyl (C=O) groups excluding carboxylic acids is 1. The van der Waals surface area contributed by atoms with Gasteiger partial charge >= 0.3 is 0 Å². The van der Waals surface area contributed by atoms with Gasteiger partial charge in [0.05, 0.1) is 20.1 Å². The first-order valence-corrected chi connectivity index (χ1v) is 13.0. The van der Waals surface area contributed by atoms with Crippen LogP contribution in [0.4, 0.5) is 0 Å². The van der Waals surface area contributed by atoms with Gasteiger partial charge in [-0.2, -0.15) is 0 Å². The minimum Gasteiger partial charge on any atom is -0.497 e. The Morgan fingerprint density at radius 1 is 1.03 bits per heavy atom. The van der Waals surface area contributed by atoms with Crippen molar-refractivity contribution >= 4 is 5.91 Å². The third kappa shape index (κ3) is 5.69. The van der Waals surface area contributed by atoms with E-state index in [-0.39, 0.29) is 30.5 Å². The summed E-state index contributed by atoms with van der Waals surface area (Å²) in [6.07, 6.45) is 5.87. The average molecular weight is 496 g/mol. The summed E-state index contributed by atoms with van der Waals surface area (Å²) in [6.45, 7) is 2.53. The molecule has 2 aromatic carbocycles. The van der Waals surface area contributed by atoms with E-state index in [0.717, 1.165) is 48.4 Å². The number of aromatic nitrogens is 1. The standard InChI is InChI=1S/C31H33N3O3/c1-37-27-14-10-24(11-15-27)7-6-23-8-12-26(13-9-23)31-28-21-33(17-2-3-18-34(28)29(31)22-35)30(36)19-25-5-4-16-32-20-25/h4-5,8-16,20,28-29,31,35H,2-3,17-19,21-22H2,1H3/t28-,29-,31-/m0/s1. The fraction of sp³-hybridized carbons (Fsp3) is 0.355. The van der Waals surface area contributed by atoms with E-state index < -0.39 is 0 Å². The van der Waals surface area contributed by atoms with E-state index in [2.05, 4.69) is 46.0 Å². The summed E-state index contributed by atoms with van der Waals surface area (Å²) in [7, 11) is 1.65. The van der Waals surface area contributed by atoms with Gasteiger partial charge in [0.2, 0.25) is 5.91 Å². The van der Waals surface area contributed by atoms with Crippen LogP contribution in [0, 0.1) is 11.8 Å². The number of nitrogens with zero attached hydrogens (tertiary/aromatic N) is 3. The molecule has 2 aliphatic rings. The van der Waals surface area contributed by atoms with E-state index in [1.807, 2.05) is 41.3 Å². The van der Waals surface area contributed by atoms with Gasteiger partial charge in [-0.3, -0.25) is 14.7 Å². The molecule has 0 aliphatic carbocycles. The Kier molecular flexibility index (Phi) is 7.84. The number of aliphatic hydroxyl groups excluding tert-OH is 1. The smallest absolute Gasteiger partial charge is 0.227 e. The Hall–Kier alpha value is -3.66. The van der Waals surface area contributed by atoms with Crippen LogP contribution in [-0.2, 0) is 11.2 Å². The molecule has 190 valence electrons. The van der Waals surface area contributed by atoms with Crippen LogP contribution in [-0.4, -0.2) is 71.2 Å². The van der Waals surface area contributed by atoms with Gasteiger partial charge in [-0.15, -0.1) is 0 Å². The Morgan fingerprint density at radius 3 is 2.38 bits per heavy atom. The molecule has 0 bridgehead atoms. The predicted molar refractivity (Wildman–Crippen MR) is 143 cm³/mol. The molecule has 2 saturated heterocycles. The number of pyridine rings is 1. The highest BCUT2D eigenvalue weighted by molar-refractivity contribution is 5.78. The van der Waals surface area contributed by atoms with Crippen molar-refractivity contribution in [3.05, 3.63) is 95.3 Å². The first kappa shape index (κ1) is 25.0. The molecule has 6 heteroatoms. The molecular formula is C31H33N3O3. The summed E-state index contributed by atoms with van der Waals surface area (Å²) >= 11 is 0. The molecule has 6 nitrogen and oxygen atoms in total. The highest BCUT2D eigenvalue weighted by Gasteiger charge is 2.49. The van der Waals surface area contributed by atoms with E-state index in [0.29, 0.717) is 13.0 Å². The lowest BCUT2D eigenvalue weighted by Crippen LogP contribution is -2.68. The number of carbonyl (C=O) groups is 1. The molecule has 0 saturated carbocycles. The molecule has 1 aromatic heterocycles. The maximum atomic E-state index is 13.2. The highest BCUT2D eigenvalue weighted by Crippen LogP contribution is 2.42. The minimum atomic E-state index is 0.0783. The van der Waals surface area contributed by atoms with Gasteiger partial charge in [0, 0.05) is 54.6 Å². The first-order valence-electron chi connectivity index (χ1n) is 13.0. The number of hydrogen-bond acceptors (Lipinski definition) is 5. The quantitative estimate of drug-likeness (QED) is 0.549. The van der Waals surface area contributed by atoms with E-state index in [1.54, 1.807) is 19.5 Å². The number of hydrogen-bond donors (Lipinski definition) is 1. The Balaban J connectivity index is 1.30. The van der Waals surface area contributed by atoms with Crippen molar-refractivity contribution in [2.75, 3.05) is 33.4 Å². The van der Waals surface area contributed by atoms with Gasteiger partial charge in [0.25, 0.3) is 0 Å². The molecule has 1 amide bonds. The summed E-state index contributed by atoms with van der Waals surface area (Å²) < 4.78 is 5.21. The van der Waals surface area contributed by atoms with Crippen LogP contribution in [0.15, 0.2) is 73.1 Å². The summed E-state index contributed by atoms with van der Waals surface area (Å²) in [4.78, 5) is 21.7. The maximum absolute atomic E-state index is 13.2. The zero-order valence-corrected chi connectivity index (χ0v) is 21.2. The van der Waals surface area contributed by atoms with E-state index in [4.69, 9.17) is 4.74 Å². The number of ether oxygens (including phenoxy) is 1. The van der Waals surface area contributed by atoms with E-state index in [9.17, 15) is 9.90 Å². The van der Waals surface area contributed by atoms with Gasteiger partial charge in [-0.1, -0.05) is 30.0 Å². The number of benzene rings is 2. The monoisotopic (exact) mass is 495 g/mol. The second-order valence-electron chi connectivity index (χ2n) is 9.77. The second kappa shape index (κ2) is 11.6. The molecule has 3 heterocycles. The van der Waals surface area contributed by atoms with Gasteiger partial charge in [-0.05, 0) is 73.0 Å². The highest BCUT2D eigenvalue weighted by atomic mass is 16.5. The summed E-state index contributed by atoms with van der Waals surface area (Å²) in [5, 5.41) is 10.2. The average Bonchev–Trinajstić information content (AvgIpc) is 2.92. The third-order valence-electron chi connectivity index (χ3n) is 7.54. The minimum absolute atomic E-state index is 0.0783. The Bertz CT molecular complexity index is 1250. The van der Waals surface area contributed by atoms with Gasteiger partial charge in [-0.25, -0.2) is 0 Å². The third-order valence-corrected chi connectivity index (χ3v) is 7.54. The van der Waals surface area contributed by atoms with Crippen LogP contribution in [0.3, 0.4) is 0 Å². The van der Waals surface area contributed by atoms with Crippen LogP contribution in [0.1, 0.15) is 41.0 Å². The maximum Gasteiger partial charge on any atom is 0.227 e. The fourth-order valence-corrected chi connectivity index (χ4v) is 5.56. The largest absolute Gasteiger partial charge is 0.497 e. The summed E-state index contributed by atoms with van der Waals surface area (Å²) in [5.74, 6) is 7.58. The lowest BCUT2D eigenvalue weighted by atomic mass is 9.74. The molecular weight excluding hydrogens is 462 g/mol. The lowest BCUT2D eigenvalue weighted by Gasteiger charge is -2.57. The zero-order valence-electron chi connectivity index (χ0n) is 21.2. The molecule has 2 fully saturated rings. The van der Waals surface area contributed by atoms with Gasteiger partial charge < -0.3 is 14.7 Å². The molecule has 5 rings (SSSR count). The number of fused-ring (bicyclic) bond motifs is 1. The van der Waals surface area contributed by atoms with E-state index in [1.165, 1.54) is 5.56 Å². The van der Waals surface area contributed by atoms with E-state index >= 15 is 0 Å². The van der Waals surface area contributed by atoms with Crippen LogP contribution < -0.4 is 4.74 Å². The molecule has 3 atom stereocenters. The van der Waals surface area contributed by atoms with Gasteiger partial charge in [0.1, 0.15) is 5.75 Å². The molecule has 0 unspecified atom stereocenters. The van der Waals surface area contributed by atoms with Crippen LogP contribution in [0.25, 0.3) is 0 Å². The molecule has 0 spiro atoms. The fourth-order valence-electron chi connectivity index (χ4n) is 5.56. The normalized spacial score (nSPS) is 21.5. The summed E-state index contributed by atoms with van der Waals surface area (Å²) in [5.41, 5.74) is 4.01. The van der Waals surface area contributed by atoms with Crippen molar-refractivity contribution in [1.29, 1.82) is 0 Å². The number of methoxy groups -OCH3 is 1. The van der Waals surface area contributed by atoms with Gasteiger partial charge in [0.15, 0.2) is 0 Å². The Morgan fingerprint density at radius 2 is 1.73 bits per heavy atom. The van der Waals surface area contributed by atoms with Crippen molar-refractivity contribution < 1.29 is 14.6 Å². The van der Waals surface area contributed by atoms with Crippen molar-refractivity contribution in [2.45, 2.75) is 37.3 Å². The van der Waals surface area contributed by atoms with Crippen molar-refractivity contribution in [3.63, 3.8) is 0 Å². The summed E-state index contributed by atoms with van der Waals surface area (Å²) in [6, 6.07) is 20.2.